The molecular formula is C81H160N28O12S6. The molecule has 6 rings (SSSR count). The third-order valence-electron chi connectivity index (χ3n) is 14.6. The maximum absolute atomic E-state index is 10.8. The monoisotopic (exact) mass is 1910 g/mol. The zero-order valence-corrected chi connectivity index (χ0v) is 84.2. The smallest absolute Gasteiger partial charge is 0.318 e. The predicted octanol–water partition coefficient (Wildman–Crippen LogP) is 6.10. The van der Waals surface area contributed by atoms with Crippen molar-refractivity contribution >= 4 is 152 Å². The van der Waals surface area contributed by atoms with Gasteiger partial charge < -0.3 is 167 Å². The van der Waals surface area contributed by atoms with E-state index in [1.165, 1.54) is 38.3 Å². The fourth-order valence-electron chi connectivity index (χ4n) is 7.49. The van der Waals surface area contributed by atoms with Gasteiger partial charge in [-0.1, -0.05) is 76.1 Å². The summed E-state index contributed by atoms with van der Waals surface area (Å²) in [5.74, 6) is 2.35. The Morgan fingerprint density at radius 1 is 0.409 bits per heavy atom. The number of hydrogen-bond donors (Lipinski definition) is 28. The highest BCUT2D eigenvalue weighted by molar-refractivity contribution is 7.81. The molecule has 0 radical (unpaired) electrons. The van der Waals surface area contributed by atoms with Gasteiger partial charge in [0.1, 0.15) is 18.3 Å². The minimum absolute atomic E-state index is 0.0558. The third-order valence-corrected chi connectivity index (χ3v) is 16.7. The van der Waals surface area contributed by atoms with Crippen molar-refractivity contribution in [2.45, 2.75) is 156 Å². The molecule has 3 aliphatic rings. The number of hydrogen-bond acceptors (Lipinski definition) is 18. The van der Waals surface area contributed by atoms with Crippen LogP contribution in [-0.4, -0.2) is 262 Å². The number of furan rings is 2. The second-order valence-corrected chi connectivity index (χ2v) is 28.6. The number of methoxy groups -OCH3 is 2. The molecule has 2 heterocycles. The van der Waals surface area contributed by atoms with E-state index < -0.39 is 0 Å². The molecule has 3 fully saturated rings. The lowest BCUT2D eigenvalue weighted by Gasteiger charge is -2.25. The number of urea groups is 8. The van der Waals surface area contributed by atoms with Gasteiger partial charge >= 0.3 is 48.2 Å². The lowest BCUT2D eigenvalue weighted by molar-refractivity contribution is 0.192. The number of ether oxygens (including phenoxy) is 2. The molecule has 0 saturated heterocycles. The maximum atomic E-state index is 10.8. The van der Waals surface area contributed by atoms with E-state index in [-0.39, 0.29) is 53.8 Å². The number of benzene rings is 1. The van der Waals surface area contributed by atoms with Crippen molar-refractivity contribution in [1.29, 1.82) is 0 Å². The van der Waals surface area contributed by atoms with E-state index in [0.717, 1.165) is 112 Å². The standard InChI is InChI=1S/C9H12N2O.C8H16N2O.C7H10N2O2.C7H10N2OS.C6H12N2O.2C6H14N2O.C5H12N2OS.C5H10N2O.C5H12N2S.C5H10N2S.C4H10N2OS.C4H8N2O.C4H10N2S/c1-10-9(12)11-7-8-5-3-2-4-6-8;1-9-8(11)10-6-7-4-2-3-5-7;1-8-7(10)9-5-6-3-2-4-11-6;1-8-7(11)9-5-6-3-2-4-10-6;1-7-6(9)8-5-3-2-4-5;1-6(2,3)8-5(9)7-4;1-3-4-5-8-6(9)7-2;1-6-5(9)7-3-4-8-2;1-6-5(8)7-4-2-3-4;2*1-3-4-7-5(8)6-2;1-5-4(8)6-3-7-2;2*1-3-6-4(7)5-2/h2-6H,7H2,1H3,(H2,10,11,12);7H,2-6H2,1H3,(H2,9,10,11);2-4H,5H2,1H3,(H2,8,9,10);2-4H,5H2,1H3,(H2,8,9,11);5H,2-4H2,1H3,(H2,7,8,9);1-4H3,(H2,7,8,9);3-5H2,1-2H3,(H2,7,8,9);3-4H2,1-2H3,(H2,6,7,9);4H,2-3H2,1H3,(H2,6,7,8);3-4H2,1-2H3,(H2,6,7,8);3H,1,4H2,2H3,(H2,6,7,8);3H2,1-2H3,(H2,5,6,8);3H,1H2,2H3,(H2,5,6,7);3H2,1-2H3,(H2,5,6,7). The summed E-state index contributed by atoms with van der Waals surface area (Å²) < 4.78 is 19.5. The maximum Gasteiger partial charge on any atom is 0.318 e. The Morgan fingerprint density at radius 3 is 1.17 bits per heavy atom. The Kier molecular flexibility index (Phi) is 103. The molecule has 0 spiro atoms. The molecule has 2 aromatic heterocycles. The van der Waals surface area contributed by atoms with Crippen LogP contribution < -0.4 is 149 Å². The van der Waals surface area contributed by atoms with E-state index in [4.69, 9.17) is 86.9 Å². The molecule has 0 atom stereocenters. The van der Waals surface area contributed by atoms with Crippen LogP contribution in [0.1, 0.15) is 136 Å². The number of rotatable bonds is 24. The van der Waals surface area contributed by atoms with Crippen LogP contribution >= 0.6 is 73.3 Å². The van der Waals surface area contributed by atoms with Gasteiger partial charge in [0.2, 0.25) is 0 Å². The first-order chi connectivity index (χ1) is 60.6. The Balaban J connectivity index is -0.000000201. The van der Waals surface area contributed by atoms with Gasteiger partial charge in [0.05, 0.1) is 32.2 Å². The first kappa shape index (κ1) is 132. The summed E-state index contributed by atoms with van der Waals surface area (Å²) in [6.07, 6.45) is 20.6. The molecule has 28 N–H and O–H groups in total. The van der Waals surface area contributed by atoms with E-state index in [9.17, 15) is 38.4 Å². The highest BCUT2D eigenvalue weighted by atomic mass is 32.1. The van der Waals surface area contributed by atoms with Gasteiger partial charge in [-0.15, -0.1) is 6.58 Å². The minimum Gasteiger partial charge on any atom is -0.467 e. The topological polar surface area (TPSA) is 518 Å². The van der Waals surface area contributed by atoms with Crippen LogP contribution in [0.15, 0.2) is 101 Å². The van der Waals surface area contributed by atoms with E-state index in [2.05, 4.69) is 181 Å². The molecule has 3 saturated carbocycles. The molecule has 40 nitrogen and oxygen atoms in total. The molecule has 732 valence electrons. The van der Waals surface area contributed by atoms with Gasteiger partial charge in [-0.05, 0) is 201 Å². The summed E-state index contributed by atoms with van der Waals surface area (Å²) in [7, 11) is 26.8. The van der Waals surface area contributed by atoms with E-state index in [1.54, 1.807) is 137 Å². The molecule has 1 aromatic carbocycles. The Morgan fingerprint density at radius 2 is 0.819 bits per heavy atom. The molecule has 3 aliphatic carbocycles. The van der Waals surface area contributed by atoms with Crippen molar-refractivity contribution in [2.24, 2.45) is 5.92 Å². The van der Waals surface area contributed by atoms with Crippen molar-refractivity contribution in [3.05, 3.63) is 110 Å². The van der Waals surface area contributed by atoms with Crippen LogP contribution in [0.4, 0.5) is 38.4 Å². The SMILES string of the molecule is C=CCNC(=S)NC.C=CNC(=O)NC.CCCCNC(=O)NC.CCCNC(=S)NC.CCNC(=S)NC.CNC(=O)NC(C)(C)C.CNC(=O)NC1CC1.CNC(=O)NC1CCC1.CNC(=O)NCC1CCCC1.CNC(=O)NCc1ccccc1.CNC(=O)NCc1ccco1.CNC(=S)NCCOC.CNC(=S)NCOC.CNC(=S)NCc1ccco1. The average molecular weight is 1910 g/mol. The van der Waals surface area contributed by atoms with Gasteiger partial charge in [0.25, 0.3) is 0 Å². The number of nitrogens with one attached hydrogen (secondary N) is 28. The number of amides is 16. The van der Waals surface area contributed by atoms with Gasteiger partial charge in [0.15, 0.2) is 30.7 Å². The Hall–Kier alpha value is -10.5. The zero-order chi connectivity index (χ0) is 98.1. The summed E-state index contributed by atoms with van der Waals surface area (Å²) in [4.78, 5) is 84.4. The van der Waals surface area contributed by atoms with Crippen LogP contribution in [0, 0.1) is 5.92 Å². The third kappa shape index (κ3) is 110. The van der Waals surface area contributed by atoms with Crippen LogP contribution in [0.25, 0.3) is 0 Å². The molecule has 3 aromatic rings. The second-order valence-electron chi connectivity index (χ2n) is 26.2. The fraction of sp³-hybridized carbons (Fsp3) is 0.605. The molecule has 16 amide bonds. The molecule has 0 unspecified atom stereocenters. The number of thiocarbonyl (C=S) groups is 6. The quantitative estimate of drug-likeness (QED) is 0.0208. The summed E-state index contributed by atoms with van der Waals surface area (Å²) in [5.41, 5.74) is 0.959. The molecule has 0 aliphatic heterocycles. The normalized spacial score (nSPS) is 10.8. The van der Waals surface area contributed by atoms with E-state index in [0.29, 0.717) is 70.6 Å². The largest absolute Gasteiger partial charge is 0.467 e. The average Bonchev–Trinajstić information content (AvgIpc) is 1.90. The van der Waals surface area contributed by atoms with Gasteiger partial charge in [-0.2, -0.15) is 0 Å². The van der Waals surface area contributed by atoms with Crippen molar-refractivity contribution < 1.29 is 56.7 Å². The van der Waals surface area contributed by atoms with Crippen molar-refractivity contribution in [2.75, 3.05) is 165 Å². The molecular weight excluding hydrogens is 1750 g/mol. The van der Waals surface area contributed by atoms with Gasteiger partial charge in [-0.3, -0.25) is 0 Å². The molecule has 127 heavy (non-hydrogen) atoms. The first-order valence-electron chi connectivity index (χ1n) is 41.4. The van der Waals surface area contributed by atoms with Crippen molar-refractivity contribution in [1.82, 2.24) is 149 Å². The summed E-state index contributed by atoms with van der Waals surface area (Å²) >= 11 is 28.7. The van der Waals surface area contributed by atoms with Crippen LogP contribution in [-0.2, 0) is 29.1 Å². The zero-order valence-electron chi connectivity index (χ0n) is 79.3. The highest BCUT2D eigenvalue weighted by Gasteiger charge is 2.22. The first-order valence-corrected chi connectivity index (χ1v) is 43.8. The van der Waals surface area contributed by atoms with Crippen LogP contribution in [0.2, 0.25) is 0 Å². The highest BCUT2D eigenvalue weighted by Crippen LogP contribution is 2.23. The van der Waals surface area contributed by atoms with Gasteiger partial charge in [-0.25, -0.2) is 38.4 Å². The molecule has 46 heteroatoms. The van der Waals surface area contributed by atoms with Crippen molar-refractivity contribution in [3.8, 4) is 0 Å². The summed E-state index contributed by atoms with van der Waals surface area (Å²) in [6.45, 7) is 26.5. The number of carbonyl (C=O) groups is 8. The number of unbranched alkanes of at least 4 members (excludes halogenated alkanes) is 1. The number of carbonyl (C=O) groups excluding carboxylic acids is 8. The van der Waals surface area contributed by atoms with Crippen LogP contribution in [0.3, 0.4) is 0 Å². The Labute approximate surface area is 789 Å². The van der Waals surface area contributed by atoms with E-state index in [1.807, 2.05) is 77.2 Å². The fourth-order valence-corrected chi connectivity index (χ4v) is 8.05. The lowest BCUT2D eigenvalue weighted by Crippen LogP contribution is -2.45. The van der Waals surface area contributed by atoms with Crippen molar-refractivity contribution in [3.63, 3.8) is 0 Å². The second kappa shape index (κ2) is 99.3. The summed E-state index contributed by atoms with van der Waals surface area (Å²) in [6, 6.07) is 17.0. The van der Waals surface area contributed by atoms with Crippen LogP contribution in [0.5, 0.6) is 0 Å². The lowest BCUT2D eigenvalue weighted by atomic mass is 9.93. The Bertz CT molecular complexity index is 3150. The van der Waals surface area contributed by atoms with E-state index >= 15 is 0 Å². The predicted molar refractivity (Wildman–Crippen MR) is 541 cm³/mol. The molecule has 0 bridgehead atoms. The summed E-state index contributed by atoms with van der Waals surface area (Å²) in [5, 5.41) is 79.3. The minimum atomic E-state index is -0.241. The van der Waals surface area contributed by atoms with Gasteiger partial charge in [0, 0.05) is 176 Å².